The third-order valence-electron chi connectivity index (χ3n) is 3.98. The van der Waals surface area contributed by atoms with Crippen LogP contribution in [0.25, 0.3) is 0 Å². The minimum absolute atomic E-state index is 0.935. The van der Waals surface area contributed by atoms with E-state index in [4.69, 9.17) is 0 Å². The fourth-order valence-electron chi connectivity index (χ4n) is 2.44. The summed E-state index contributed by atoms with van der Waals surface area (Å²) in [5.41, 5.74) is 0. The van der Waals surface area contributed by atoms with Crippen LogP contribution in [0.5, 0.6) is 0 Å². The van der Waals surface area contributed by atoms with Crippen molar-refractivity contribution < 1.29 is 0 Å². The summed E-state index contributed by atoms with van der Waals surface area (Å²) in [6.07, 6.45) is 14.3. The Morgan fingerprint density at radius 1 is 0.750 bits per heavy atom. The lowest BCUT2D eigenvalue weighted by Gasteiger charge is -2.18. The Bertz CT molecular complexity index is 128. The molecule has 0 saturated heterocycles. The predicted octanol–water partition coefficient (Wildman–Crippen LogP) is 6.20. The standard InChI is InChI=1S/C16H34/c1-5-8-9-10-11-12-13-16(7-3)14-15(4)6-2/h15-16H,5-14H2,1-4H3. The molecule has 0 aliphatic rings. The normalized spacial score (nSPS) is 15.0. The van der Waals surface area contributed by atoms with Gasteiger partial charge in [0.1, 0.15) is 0 Å². The number of unbranched alkanes of at least 4 members (excludes halogenated alkanes) is 5. The van der Waals surface area contributed by atoms with Gasteiger partial charge in [-0.05, 0) is 18.3 Å². The van der Waals surface area contributed by atoms with Gasteiger partial charge in [-0.3, -0.25) is 0 Å². The Labute approximate surface area is 104 Å². The van der Waals surface area contributed by atoms with Crippen LogP contribution in [-0.4, -0.2) is 0 Å². The lowest BCUT2D eigenvalue weighted by molar-refractivity contribution is 0.343. The molecule has 0 radical (unpaired) electrons. The van der Waals surface area contributed by atoms with Crippen molar-refractivity contribution in [2.24, 2.45) is 11.8 Å². The van der Waals surface area contributed by atoms with Gasteiger partial charge in [0.15, 0.2) is 0 Å². The molecule has 0 heteroatoms. The van der Waals surface area contributed by atoms with Crippen LogP contribution >= 0.6 is 0 Å². The van der Waals surface area contributed by atoms with E-state index in [9.17, 15) is 0 Å². The van der Waals surface area contributed by atoms with E-state index in [2.05, 4.69) is 27.7 Å². The largest absolute Gasteiger partial charge is 0.0654 e. The summed E-state index contributed by atoms with van der Waals surface area (Å²) in [4.78, 5) is 0. The third kappa shape index (κ3) is 9.24. The molecular formula is C16H34. The smallest absolute Gasteiger partial charge is 0.0414 e. The number of hydrogen-bond donors (Lipinski definition) is 0. The Morgan fingerprint density at radius 2 is 1.38 bits per heavy atom. The molecule has 0 spiro atoms. The summed E-state index contributed by atoms with van der Waals surface area (Å²) in [5.74, 6) is 1.94. The van der Waals surface area contributed by atoms with Crippen molar-refractivity contribution in [3.8, 4) is 0 Å². The quantitative estimate of drug-likeness (QED) is 0.368. The van der Waals surface area contributed by atoms with E-state index in [0.717, 1.165) is 11.8 Å². The molecule has 0 nitrogen and oxygen atoms in total. The zero-order chi connectivity index (χ0) is 12.2. The van der Waals surface area contributed by atoms with Gasteiger partial charge in [0, 0.05) is 0 Å². The van der Waals surface area contributed by atoms with Gasteiger partial charge in [-0.1, -0.05) is 85.5 Å². The highest BCUT2D eigenvalue weighted by molar-refractivity contribution is 4.62. The van der Waals surface area contributed by atoms with Crippen LogP contribution in [0.3, 0.4) is 0 Å². The molecule has 98 valence electrons. The molecule has 2 atom stereocenters. The van der Waals surface area contributed by atoms with Crippen LogP contribution in [0.15, 0.2) is 0 Å². The van der Waals surface area contributed by atoms with Gasteiger partial charge < -0.3 is 0 Å². The maximum absolute atomic E-state index is 2.41. The zero-order valence-corrected chi connectivity index (χ0v) is 12.2. The van der Waals surface area contributed by atoms with Crippen molar-refractivity contribution in [2.75, 3.05) is 0 Å². The van der Waals surface area contributed by atoms with Crippen molar-refractivity contribution >= 4 is 0 Å². The van der Waals surface area contributed by atoms with E-state index in [-0.39, 0.29) is 0 Å². The molecule has 0 amide bonds. The lowest BCUT2D eigenvalue weighted by atomic mass is 9.88. The van der Waals surface area contributed by atoms with E-state index >= 15 is 0 Å². The van der Waals surface area contributed by atoms with Crippen LogP contribution in [0, 0.1) is 11.8 Å². The monoisotopic (exact) mass is 226 g/mol. The van der Waals surface area contributed by atoms with E-state index in [1.165, 1.54) is 64.2 Å². The Balaban J connectivity index is 3.40. The van der Waals surface area contributed by atoms with Crippen LogP contribution in [-0.2, 0) is 0 Å². The Hall–Kier alpha value is 0. The van der Waals surface area contributed by atoms with Crippen LogP contribution in [0.2, 0.25) is 0 Å². The van der Waals surface area contributed by atoms with Gasteiger partial charge in [0.2, 0.25) is 0 Å². The maximum atomic E-state index is 2.41. The first-order valence-electron chi connectivity index (χ1n) is 7.74. The molecule has 0 fully saturated rings. The first kappa shape index (κ1) is 16.0. The molecule has 0 bridgehead atoms. The van der Waals surface area contributed by atoms with Crippen molar-refractivity contribution in [3.05, 3.63) is 0 Å². The highest BCUT2D eigenvalue weighted by Gasteiger charge is 2.09. The summed E-state index contributed by atoms with van der Waals surface area (Å²) in [6.45, 7) is 9.38. The molecule has 16 heavy (non-hydrogen) atoms. The first-order valence-corrected chi connectivity index (χ1v) is 7.74. The Morgan fingerprint density at radius 3 is 1.94 bits per heavy atom. The van der Waals surface area contributed by atoms with Gasteiger partial charge >= 0.3 is 0 Å². The van der Waals surface area contributed by atoms with E-state index < -0.39 is 0 Å². The summed E-state index contributed by atoms with van der Waals surface area (Å²) in [6, 6.07) is 0. The van der Waals surface area contributed by atoms with Crippen molar-refractivity contribution in [2.45, 2.75) is 91.9 Å². The lowest BCUT2D eigenvalue weighted by Crippen LogP contribution is -2.05. The number of rotatable bonds is 11. The molecule has 0 aromatic carbocycles. The molecule has 0 aliphatic heterocycles. The fraction of sp³-hybridized carbons (Fsp3) is 1.00. The molecule has 0 N–H and O–H groups in total. The van der Waals surface area contributed by atoms with Crippen molar-refractivity contribution in [3.63, 3.8) is 0 Å². The summed E-state index contributed by atoms with van der Waals surface area (Å²) in [5, 5.41) is 0. The molecular weight excluding hydrogens is 192 g/mol. The van der Waals surface area contributed by atoms with Crippen LogP contribution in [0.1, 0.15) is 91.9 Å². The minimum atomic E-state index is 0.935. The van der Waals surface area contributed by atoms with E-state index in [0.29, 0.717) is 0 Å². The highest BCUT2D eigenvalue weighted by Crippen LogP contribution is 2.23. The summed E-state index contributed by atoms with van der Waals surface area (Å²) < 4.78 is 0. The van der Waals surface area contributed by atoms with E-state index in [1.807, 2.05) is 0 Å². The highest BCUT2D eigenvalue weighted by atomic mass is 14.2. The Kier molecular flexibility index (Phi) is 11.5. The van der Waals surface area contributed by atoms with Crippen molar-refractivity contribution in [1.29, 1.82) is 0 Å². The second-order valence-electron chi connectivity index (χ2n) is 5.58. The molecule has 0 heterocycles. The average Bonchev–Trinajstić information content (AvgIpc) is 2.31. The van der Waals surface area contributed by atoms with Crippen molar-refractivity contribution in [1.82, 2.24) is 0 Å². The van der Waals surface area contributed by atoms with Gasteiger partial charge in [0.05, 0.1) is 0 Å². The van der Waals surface area contributed by atoms with Gasteiger partial charge in [-0.25, -0.2) is 0 Å². The molecule has 0 saturated carbocycles. The van der Waals surface area contributed by atoms with Gasteiger partial charge in [0.25, 0.3) is 0 Å². The third-order valence-corrected chi connectivity index (χ3v) is 3.98. The topological polar surface area (TPSA) is 0 Å². The SMILES string of the molecule is CCCCCCCCC(CC)CC(C)CC. The second-order valence-corrected chi connectivity index (χ2v) is 5.58. The second kappa shape index (κ2) is 11.5. The van der Waals surface area contributed by atoms with Gasteiger partial charge in [-0.15, -0.1) is 0 Å². The molecule has 0 aromatic rings. The van der Waals surface area contributed by atoms with Gasteiger partial charge in [-0.2, -0.15) is 0 Å². The van der Waals surface area contributed by atoms with E-state index in [1.54, 1.807) is 0 Å². The fourth-order valence-corrected chi connectivity index (χ4v) is 2.44. The molecule has 0 rings (SSSR count). The van der Waals surface area contributed by atoms with Crippen LogP contribution in [0.4, 0.5) is 0 Å². The minimum Gasteiger partial charge on any atom is -0.0654 e. The first-order chi connectivity index (χ1) is 7.74. The number of hydrogen-bond acceptors (Lipinski definition) is 0. The molecule has 0 aromatic heterocycles. The molecule has 2 unspecified atom stereocenters. The maximum Gasteiger partial charge on any atom is -0.0414 e. The summed E-state index contributed by atoms with van der Waals surface area (Å²) in [7, 11) is 0. The average molecular weight is 226 g/mol. The predicted molar refractivity (Wildman–Crippen MR) is 75.8 cm³/mol. The van der Waals surface area contributed by atoms with Crippen LogP contribution < -0.4 is 0 Å². The molecule has 0 aliphatic carbocycles. The summed E-state index contributed by atoms with van der Waals surface area (Å²) >= 11 is 0. The zero-order valence-electron chi connectivity index (χ0n) is 12.2.